The number of likely N-dealkylation sites (tertiary alicyclic amines) is 1. The lowest BCUT2D eigenvalue weighted by Gasteiger charge is -2.31. The molecule has 0 spiro atoms. The first kappa shape index (κ1) is 21.0. The highest BCUT2D eigenvalue weighted by Gasteiger charge is 2.20. The molecule has 0 bridgehead atoms. The van der Waals surface area contributed by atoms with Gasteiger partial charge in [0.05, 0.1) is 12.7 Å². The van der Waals surface area contributed by atoms with E-state index in [1.165, 1.54) is 5.56 Å². The molecular formula is C23H29N3O3. The van der Waals surface area contributed by atoms with E-state index in [4.69, 9.17) is 4.74 Å². The smallest absolute Gasteiger partial charge is 0.321 e. The third-order valence-corrected chi connectivity index (χ3v) is 5.07. The lowest BCUT2D eigenvalue weighted by atomic mass is 10.1. The molecule has 0 saturated carbocycles. The number of benzene rings is 2. The fourth-order valence-electron chi connectivity index (χ4n) is 3.36. The van der Waals surface area contributed by atoms with Crippen LogP contribution in [-0.4, -0.2) is 42.6 Å². The topological polar surface area (TPSA) is 70.7 Å². The molecule has 0 atom stereocenters. The molecule has 6 nitrogen and oxygen atoms in total. The maximum atomic E-state index is 12.0. The van der Waals surface area contributed by atoms with E-state index in [0.717, 1.165) is 31.5 Å². The van der Waals surface area contributed by atoms with Gasteiger partial charge in [-0.15, -0.1) is 0 Å². The van der Waals surface area contributed by atoms with Crippen LogP contribution in [0.3, 0.4) is 0 Å². The number of imide groups is 1. The molecule has 0 aliphatic carbocycles. The van der Waals surface area contributed by atoms with Crippen molar-refractivity contribution in [3.05, 3.63) is 71.8 Å². The molecule has 1 heterocycles. The van der Waals surface area contributed by atoms with Crippen LogP contribution in [0.4, 0.5) is 4.79 Å². The van der Waals surface area contributed by atoms with E-state index in [2.05, 4.69) is 27.7 Å². The Morgan fingerprint density at radius 2 is 1.55 bits per heavy atom. The zero-order valence-electron chi connectivity index (χ0n) is 16.7. The maximum Gasteiger partial charge on any atom is 0.321 e. The third-order valence-electron chi connectivity index (χ3n) is 5.07. The van der Waals surface area contributed by atoms with Gasteiger partial charge in [0.1, 0.15) is 0 Å². The summed E-state index contributed by atoms with van der Waals surface area (Å²) in [5.41, 5.74) is 2.18. The zero-order chi connectivity index (χ0) is 20.3. The minimum Gasteiger partial charge on any atom is -0.373 e. The van der Waals surface area contributed by atoms with E-state index in [1.807, 2.05) is 48.5 Å². The molecular weight excluding hydrogens is 366 g/mol. The first-order valence-electron chi connectivity index (χ1n) is 10.2. The van der Waals surface area contributed by atoms with Gasteiger partial charge in [-0.1, -0.05) is 60.7 Å². The van der Waals surface area contributed by atoms with Crippen LogP contribution in [0.25, 0.3) is 0 Å². The molecule has 2 aromatic rings. The minimum atomic E-state index is -0.452. The van der Waals surface area contributed by atoms with Gasteiger partial charge in [0, 0.05) is 32.6 Å². The number of nitrogens with one attached hydrogen (secondary N) is 2. The molecule has 3 amide bonds. The van der Waals surface area contributed by atoms with Crippen molar-refractivity contribution in [2.24, 2.45) is 0 Å². The number of rotatable bonds is 8. The summed E-state index contributed by atoms with van der Waals surface area (Å²) in [6.07, 6.45) is 2.51. The van der Waals surface area contributed by atoms with Gasteiger partial charge in [0.15, 0.2) is 0 Å². The molecule has 3 rings (SSSR count). The van der Waals surface area contributed by atoms with Gasteiger partial charge >= 0.3 is 6.03 Å². The van der Waals surface area contributed by atoms with Crippen LogP contribution >= 0.6 is 0 Å². The van der Waals surface area contributed by atoms with Crippen LogP contribution in [0.5, 0.6) is 0 Å². The highest BCUT2D eigenvalue weighted by Crippen LogP contribution is 2.15. The number of hydrogen-bond acceptors (Lipinski definition) is 4. The number of amides is 3. The Bertz CT molecular complexity index is 759. The maximum absolute atomic E-state index is 12.0. The van der Waals surface area contributed by atoms with Crippen LogP contribution in [0.1, 0.15) is 30.4 Å². The highest BCUT2D eigenvalue weighted by molar-refractivity contribution is 5.94. The van der Waals surface area contributed by atoms with Gasteiger partial charge in [0.25, 0.3) is 0 Å². The van der Waals surface area contributed by atoms with Gasteiger partial charge in [-0.3, -0.25) is 10.1 Å². The Balaban J connectivity index is 1.26. The fourth-order valence-corrected chi connectivity index (χ4v) is 3.36. The summed E-state index contributed by atoms with van der Waals surface area (Å²) < 4.78 is 6.00. The molecule has 1 aliphatic rings. The van der Waals surface area contributed by atoms with Gasteiger partial charge in [0.2, 0.25) is 5.91 Å². The van der Waals surface area contributed by atoms with E-state index >= 15 is 0 Å². The molecule has 29 heavy (non-hydrogen) atoms. The van der Waals surface area contributed by atoms with E-state index in [9.17, 15) is 9.59 Å². The Morgan fingerprint density at radius 1 is 0.931 bits per heavy atom. The van der Waals surface area contributed by atoms with E-state index in [0.29, 0.717) is 26.1 Å². The molecule has 0 unspecified atom stereocenters. The molecule has 154 valence electrons. The largest absolute Gasteiger partial charge is 0.373 e. The Labute approximate surface area is 172 Å². The number of nitrogens with zero attached hydrogens (tertiary/aromatic N) is 1. The number of carbonyl (C=O) groups is 2. The van der Waals surface area contributed by atoms with Crippen LogP contribution in [0.15, 0.2) is 60.7 Å². The number of hydrogen-bond donors (Lipinski definition) is 2. The second kappa shape index (κ2) is 11.3. The summed E-state index contributed by atoms with van der Waals surface area (Å²) in [6.45, 7) is 3.52. The van der Waals surface area contributed by atoms with E-state index < -0.39 is 6.03 Å². The van der Waals surface area contributed by atoms with Gasteiger partial charge < -0.3 is 15.0 Å². The Morgan fingerprint density at radius 3 is 2.21 bits per heavy atom. The van der Waals surface area contributed by atoms with E-state index in [-0.39, 0.29) is 12.0 Å². The van der Waals surface area contributed by atoms with Gasteiger partial charge in [-0.05, 0) is 24.0 Å². The second-order valence-corrected chi connectivity index (χ2v) is 7.30. The minimum absolute atomic E-state index is 0.252. The van der Waals surface area contributed by atoms with Crippen LogP contribution in [0.2, 0.25) is 0 Å². The first-order valence-corrected chi connectivity index (χ1v) is 10.2. The number of carbonyl (C=O) groups excluding carboxylic acids is 2. The summed E-state index contributed by atoms with van der Waals surface area (Å²) >= 11 is 0. The number of urea groups is 1. The lowest BCUT2D eigenvalue weighted by molar-refractivity contribution is -0.120. The van der Waals surface area contributed by atoms with Crippen molar-refractivity contribution in [3.8, 4) is 0 Å². The molecule has 2 N–H and O–H groups in total. The van der Waals surface area contributed by atoms with Crippen molar-refractivity contribution in [3.63, 3.8) is 0 Å². The van der Waals surface area contributed by atoms with Crippen molar-refractivity contribution in [1.29, 1.82) is 0 Å². The monoisotopic (exact) mass is 395 g/mol. The molecule has 2 aromatic carbocycles. The van der Waals surface area contributed by atoms with Crippen molar-refractivity contribution in [2.75, 3.05) is 19.6 Å². The molecule has 0 radical (unpaired) electrons. The summed E-state index contributed by atoms with van der Waals surface area (Å²) in [5, 5.41) is 5.10. The Hall–Kier alpha value is -2.70. The van der Waals surface area contributed by atoms with Crippen molar-refractivity contribution >= 4 is 11.9 Å². The summed E-state index contributed by atoms with van der Waals surface area (Å²) in [5.74, 6) is -0.252. The quantitative estimate of drug-likeness (QED) is 0.721. The fraction of sp³-hybridized carbons (Fsp3) is 0.391. The van der Waals surface area contributed by atoms with Crippen molar-refractivity contribution < 1.29 is 14.3 Å². The summed E-state index contributed by atoms with van der Waals surface area (Å²) in [6, 6.07) is 19.3. The number of piperidine rings is 1. The van der Waals surface area contributed by atoms with Gasteiger partial charge in [-0.25, -0.2) is 4.79 Å². The molecule has 6 heteroatoms. The average molecular weight is 396 g/mol. The number of ether oxygens (including phenoxy) is 1. The highest BCUT2D eigenvalue weighted by atomic mass is 16.5. The predicted octanol–water partition coefficient (Wildman–Crippen LogP) is 3.08. The normalized spacial score (nSPS) is 15.0. The van der Waals surface area contributed by atoms with Crippen molar-refractivity contribution in [2.45, 2.75) is 38.5 Å². The van der Waals surface area contributed by atoms with E-state index in [1.54, 1.807) is 0 Å². The van der Waals surface area contributed by atoms with Crippen LogP contribution in [-0.2, 0) is 22.7 Å². The molecule has 1 fully saturated rings. The third kappa shape index (κ3) is 7.68. The SMILES string of the molecule is O=C(CCN1CCC(OCc2ccccc2)CC1)NC(=O)NCc1ccccc1. The predicted molar refractivity (Wildman–Crippen MR) is 112 cm³/mol. The summed E-state index contributed by atoms with van der Waals surface area (Å²) in [4.78, 5) is 26.1. The molecule has 0 aromatic heterocycles. The molecule has 1 saturated heterocycles. The summed E-state index contributed by atoms with van der Waals surface area (Å²) in [7, 11) is 0. The standard InChI is InChI=1S/C23H29N3O3/c27-22(25-23(28)24-17-19-7-3-1-4-8-19)13-16-26-14-11-21(12-15-26)29-18-20-9-5-2-6-10-20/h1-10,21H,11-18H2,(H2,24,25,27,28). The molecule has 1 aliphatic heterocycles. The van der Waals surface area contributed by atoms with Crippen molar-refractivity contribution in [1.82, 2.24) is 15.5 Å². The average Bonchev–Trinajstić information content (AvgIpc) is 2.77. The first-order chi connectivity index (χ1) is 14.2. The van der Waals surface area contributed by atoms with Gasteiger partial charge in [-0.2, -0.15) is 0 Å². The Kier molecular flexibility index (Phi) is 8.22. The second-order valence-electron chi connectivity index (χ2n) is 7.30. The zero-order valence-corrected chi connectivity index (χ0v) is 16.7. The van der Waals surface area contributed by atoms with Crippen LogP contribution < -0.4 is 10.6 Å². The lowest BCUT2D eigenvalue weighted by Crippen LogP contribution is -2.42. The van der Waals surface area contributed by atoms with Crippen LogP contribution in [0, 0.1) is 0 Å².